The molecule has 4 heteroatoms. The molecule has 0 bridgehead atoms. The van der Waals surface area contributed by atoms with E-state index in [0.717, 1.165) is 39.6 Å². The summed E-state index contributed by atoms with van der Waals surface area (Å²) in [4.78, 5) is 13.6. The molecule has 28 heavy (non-hydrogen) atoms. The molecule has 0 amide bonds. The van der Waals surface area contributed by atoms with Crippen LogP contribution in [0.2, 0.25) is 0 Å². The van der Waals surface area contributed by atoms with Gasteiger partial charge in [-0.2, -0.15) is 0 Å². The van der Waals surface area contributed by atoms with Crippen molar-refractivity contribution in [3.8, 4) is 17.2 Å². The van der Waals surface area contributed by atoms with Crippen molar-refractivity contribution >= 4 is 0 Å². The van der Waals surface area contributed by atoms with E-state index in [-0.39, 0.29) is 11.5 Å². The van der Waals surface area contributed by atoms with Crippen molar-refractivity contribution in [2.45, 2.75) is 12.8 Å². The number of nitrogens with zero attached hydrogens (tertiary/aromatic N) is 2. The molecule has 0 fully saturated rings. The molecule has 0 saturated heterocycles. The van der Waals surface area contributed by atoms with Gasteiger partial charge in [0.1, 0.15) is 11.5 Å². The molecule has 1 aliphatic heterocycles. The minimum absolute atomic E-state index is 0.00251. The summed E-state index contributed by atoms with van der Waals surface area (Å²) in [6.07, 6.45) is 0. The average Bonchev–Trinajstić information content (AvgIpc) is 2.95. The lowest BCUT2D eigenvalue weighted by Crippen LogP contribution is -2.23. The van der Waals surface area contributed by atoms with Crippen LogP contribution in [0, 0.1) is 6.92 Å². The van der Waals surface area contributed by atoms with Crippen LogP contribution in [0.4, 0.5) is 0 Å². The van der Waals surface area contributed by atoms with Crippen LogP contribution in [0.1, 0.15) is 28.3 Å². The molecule has 0 saturated carbocycles. The summed E-state index contributed by atoms with van der Waals surface area (Å²) < 4.78 is 9.79. The normalized spacial score (nSPS) is 12.9. The van der Waals surface area contributed by atoms with Crippen molar-refractivity contribution in [2.24, 2.45) is 7.05 Å². The number of para-hydroxylation sites is 3. The van der Waals surface area contributed by atoms with Crippen LogP contribution in [0.25, 0.3) is 5.69 Å². The van der Waals surface area contributed by atoms with Gasteiger partial charge in [0.25, 0.3) is 5.56 Å². The molecule has 0 spiro atoms. The third-order valence-corrected chi connectivity index (χ3v) is 5.57. The van der Waals surface area contributed by atoms with E-state index in [1.165, 1.54) is 0 Å². The fourth-order valence-electron chi connectivity index (χ4n) is 4.14. The molecule has 1 aliphatic rings. The monoisotopic (exact) mass is 368 g/mol. The molecule has 0 unspecified atom stereocenters. The van der Waals surface area contributed by atoms with Gasteiger partial charge in [-0.15, -0.1) is 0 Å². The van der Waals surface area contributed by atoms with E-state index in [1.54, 1.807) is 4.68 Å². The number of aromatic nitrogens is 2. The fraction of sp³-hybridized carbons (Fsp3) is 0.125. The fourth-order valence-corrected chi connectivity index (χ4v) is 4.14. The summed E-state index contributed by atoms with van der Waals surface area (Å²) in [6.45, 7) is 2.01. The smallest absolute Gasteiger partial charge is 0.275 e. The van der Waals surface area contributed by atoms with E-state index in [0.29, 0.717) is 0 Å². The summed E-state index contributed by atoms with van der Waals surface area (Å²) in [7, 11) is 1.93. The first-order valence-corrected chi connectivity index (χ1v) is 9.36. The zero-order valence-corrected chi connectivity index (χ0v) is 15.8. The molecule has 4 aromatic rings. The number of benzene rings is 3. The van der Waals surface area contributed by atoms with Crippen LogP contribution in [-0.4, -0.2) is 9.36 Å². The van der Waals surface area contributed by atoms with Gasteiger partial charge in [0.2, 0.25) is 0 Å². The van der Waals surface area contributed by atoms with Crippen LogP contribution >= 0.6 is 0 Å². The van der Waals surface area contributed by atoms with Crippen LogP contribution in [0.3, 0.4) is 0 Å². The van der Waals surface area contributed by atoms with E-state index >= 15 is 0 Å². The Balaban J connectivity index is 1.81. The first-order valence-electron chi connectivity index (χ1n) is 9.36. The highest BCUT2D eigenvalue weighted by molar-refractivity contribution is 5.58. The van der Waals surface area contributed by atoms with Crippen molar-refractivity contribution < 1.29 is 4.74 Å². The number of rotatable bonds is 2. The van der Waals surface area contributed by atoms with Gasteiger partial charge >= 0.3 is 0 Å². The van der Waals surface area contributed by atoms with Gasteiger partial charge in [-0.05, 0) is 31.2 Å². The molecule has 4 nitrogen and oxygen atoms in total. The zero-order chi connectivity index (χ0) is 19.3. The van der Waals surface area contributed by atoms with Gasteiger partial charge < -0.3 is 4.74 Å². The van der Waals surface area contributed by atoms with Crippen molar-refractivity contribution in [3.63, 3.8) is 0 Å². The first kappa shape index (κ1) is 16.6. The maximum Gasteiger partial charge on any atom is 0.275 e. The largest absolute Gasteiger partial charge is 0.457 e. The Morgan fingerprint density at radius 1 is 0.786 bits per heavy atom. The molecule has 0 N–H and O–H groups in total. The third kappa shape index (κ3) is 2.34. The van der Waals surface area contributed by atoms with Crippen molar-refractivity contribution in [3.05, 3.63) is 112 Å². The lowest BCUT2D eigenvalue weighted by atomic mass is 9.83. The Hall–Kier alpha value is -3.53. The predicted molar refractivity (Wildman–Crippen MR) is 110 cm³/mol. The number of fused-ring (bicyclic) bond motifs is 2. The van der Waals surface area contributed by atoms with Crippen LogP contribution in [-0.2, 0) is 7.05 Å². The second kappa shape index (κ2) is 6.27. The second-order valence-corrected chi connectivity index (χ2v) is 7.09. The second-order valence-electron chi connectivity index (χ2n) is 7.09. The molecule has 0 atom stereocenters. The summed E-state index contributed by atoms with van der Waals surface area (Å²) in [5.74, 6) is 1.45. The Bertz CT molecular complexity index is 1190. The van der Waals surface area contributed by atoms with Gasteiger partial charge in [-0.3, -0.25) is 9.48 Å². The van der Waals surface area contributed by atoms with Crippen LogP contribution < -0.4 is 10.3 Å². The standard InChI is InChI=1S/C24H20N2O2/c1-16-22(24(27)26(25(16)2)17-10-4-3-5-11-17)23-18-12-6-8-14-20(18)28-21-15-9-7-13-19(21)23/h3-15,23H,1-2H3. The molecule has 0 radical (unpaired) electrons. The summed E-state index contributed by atoms with van der Waals surface area (Å²) >= 11 is 0. The molecule has 1 aromatic heterocycles. The molecular weight excluding hydrogens is 348 g/mol. The molecule has 3 aromatic carbocycles. The third-order valence-electron chi connectivity index (χ3n) is 5.57. The average molecular weight is 368 g/mol. The Kier molecular flexibility index (Phi) is 3.72. The maximum absolute atomic E-state index is 13.6. The number of hydrogen-bond acceptors (Lipinski definition) is 2. The highest BCUT2D eigenvalue weighted by Gasteiger charge is 2.33. The van der Waals surface area contributed by atoms with Gasteiger partial charge in [-0.1, -0.05) is 54.6 Å². The summed E-state index contributed by atoms with van der Waals surface area (Å²) in [5, 5.41) is 0. The van der Waals surface area contributed by atoms with E-state index < -0.39 is 0 Å². The van der Waals surface area contributed by atoms with Crippen LogP contribution in [0.5, 0.6) is 11.5 Å². The van der Waals surface area contributed by atoms with Crippen molar-refractivity contribution in [2.75, 3.05) is 0 Å². The molecule has 5 rings (SSSR count). The van der Waals surface area contributed by atoms with E-state index in [1.807, 2.05) is 85.4 Å². The topological polar surface area (TPSA) is 36.2 Å². The van der Waals surface area contributed by atoms with Gasteiger partial charge in [-0.25, -0.2) is 4.68 Å². The molecule has 2 heterocycles. The van der Waals surface area contributed by atoms with Gasteiger partial charge in [0.05, 0.1) is 11.3 Å². The van der Waals surface area contributed by atoms with Crippen LogP contribution in [0.15, 0.2) is 83.7 Å². The zero-order valence-electron chi connectivity index (χ0n) is 15.8. The Morgan fingerprint density at radius 3 is 1.93 bits per heavy atom. The van der Waals surface area contributed by atoms with E-state index in [9.17, 15) is 4.79 Å². The molecule has 0 aliphatic carbocycles. The number of ether oxygens (including phenoxy) is 1. The minimum Gasteiger partial charge on any atom is -0.457 e. The first-order chi connectivity index (χ1) is 13.7. The highest BCUT2D eigenvalue weighted by Crippen LogP contribution is 2.46. The number of hydrogen-bond donors (Lipinski definition) is 0. The lowest BCUT2D eigenvalue weighted by molar-refractivity contribution is 0.452. The lowest BCUT2D eigenvalue weighted by Gasteiger charge is -2.27. The van der Waals surface area contributed by atoms with Crippen molar-refractivity contribution in [1.29, 1.82) is 0 Å². The maximum atomic E-state index is 13.6. The molecular formula is C24H20N2O2. The molecule has 138 valence electrons. The Morgan fingerprint density at radius 2 is 1.32 bits per heavy atom. The SMILES string of the molecule is Cc1c(C2c3ccccc3Oc3ccccc32)c(=O)n(-c2ccccc2)n1C. The summed E-state index contributed by atoms with van der Waals surface area (Å²) in [6, 6.07) is 25.7. The predicted octanol–water partition coefficient (Wildman–Crippen LogP) is 4.77. The minimum atomic E-state index is -0.162. The van der Waals surface area contributed by atoms with Gasteiger partial charge in [0.15, 0.2) is 0 Å². The summed E-state index contributed by atoms with van der Waals surface area (Å²) in [5.41, 5.74) is 4.64. The Labute approximate surface area is 163 Å². The van der Waals surface area contributed by atoms with E-state index in [4.69, 9.17) is 4.74 Å². The van der Waals surface area contributed by atoms with E-state index in [2.05, 4.69) is 12.1 Å². The van der Waals surface area contributed by atoms with Gasteiger partial charge in [0, 0.05) is 29.8 Å². The quantitative estimate of drug-likeness (QED) is 0.450. The van der Waals surface area contributed by atoms with Crippen molar-refractivity contribution in [1.82, 2.24) is 9.36 Å². The highest BCUT2D eigenvalue weighted by atomic mass is 16.5.